The van der Waals surface area contributed by atoms with Crippen LogP contribution in [-0.4, -0.2) is 20.4 Å². The Labute approximate surface area is 97.5 Å². The van der Waals surface area contributed by atoms with E-state index in [0.717, 1.165) is 16.8 Å². The standard InChI is InChI=1S/C12H10N4O/c1-8-14-16-12(17-8)10-4-2-3-9(7-10)11-5-6-13-15-11/h2-7H,1H3,(H,13,15). The fraction of sp³-hybridized carbons (Fsp3) is 0.0833. The van der Waals surface area contributed by atoms with E-state index < -0.39 is 0 Å². The molecule has 0 aliphatic heterocycles. The fourth-order valence-corrected chi connectivity index (χ4v) is 1.65. The second-order valence-corrected chi connectivity index (χ2v) is 3.68. The molecule has 0 amide bonds. The molecule has 0 saturated carbocycles. The summed E-state index contributed by atoms with van der Waals surface area (Å²) < 4.78 is 5.39. The van der Waals surface area contributed by atoms with Gasteiger partial charge in [-0.2, -0.15) is 5.10 Å². The van der Waals surface area contributed by atoms with E-state index in [-0.39, 0.29) is 0 Å². The number of hydrogen-bond donors (Lipinski definition) is 1. The molecule has 0 spiro atoms. The zero-order chi connectivity index (χ0) is 11.7. The molecule has 1 N–H and O–H groups in total. The molecule has 0 radical (unpaired) electrons. The summed E-state index contributed by atoms with van der Waals surface area (Å²) in [5.74, 6) is 1.09. The average molecular weight is 226 g/mol. The third-order valence-electron chi connectivity index (χ3n) is 2.45. The van der Waals surface area contributed by atoms with Gasteiger partial charge in [0.25, 0.3) is 0 Å². The van der Waals surface area contributed by atoms with Crippen molar-refractivity contribution in [2.75, 3.05) is 0 Å². The minimum Gasteiger partial charge on any atom is -0.421 e. The molecule has 1 aromatic carbocycles. The molecule has 2 heterocycles. The quantitative estimate of drug-likeness (QED) is 0.728. The third-order valence-corrected chi connectivity index (χ3v) is 2.45. The van der Waals surface area contributed by atoms with E-state index in [2.05, 4.69) is 20.4 Å². The molecule has 0 bridgehead atoms. The van der Waals surface area contributed by atoms with Gasteiger partial charge in [0.15, 0.2) is 0 Å². The molecule has 0 fully saturated rings. The predicted octanol–water partition coefficient (Wildman–Crippen LogP) is 2.44. The SMILES string of the molecule is Cc1nnc(-c2cccc(-c3ccn[nH]3)c2)o1. The summed E-state index contributed by atoms with van der Waals surface area (Å²) in [7, 11) is 0. The summed E-state index contributed by atoms with van der Waals surface area (Å²) in [4.78, 5) is 0. The van der Waals surface area contributed by atoms with Gasteiger partial charge in [0.1, 0.15) is 0 Å². The van der Waals surface area contributed by atoms with Crippen LogP contribution in [0.25, 0.3) is 22.7 Å². The maximum atomic E-state index is 5.39. The number of aromatic nitrogens is 4. The summed E-state index contributed by atoms with van der Waals surface area (Å²) in [6, 6.07) is 9.79. The largest absolute Gasteiger partial charge is 0.421 e. The predicted molar refractivity (Wildman–Crippen MR) is 62.1 cm³/mol. The summed E-state index contributed by atoms with van der Waals surface area (Å²) in [5, 5.41) is 14.7. The second kappa shape index (κ2) is 3.86. The van der Waals surface area contributed by atoms with Gasteiger partial charge < -0.3 is 4.42 Å². The van der Waals surface area contributed by atoms with Gasteiger partial charge >= 0.3 is 0 Å². The Morgan fingerprint density at radius 2 is 2.00 bits per heavy atom. The van der Waals surface area contributed by atoms with E-state index in [9.17, 15) is 0 Å². The number of H-pyrrole nitrogens is 1. The lowest BCUT2D eigenvalue weighted by molar-refractivity contribution is 0.533. The first kappa shape index (κ1) is 9.77. The van der Waals surface area contributed by atoms with Gasteiger partial charge in [0.2, 0.25) is 11.8 Å². The van der Waals surface area contributed by atoms with Crippen LogP contribution in [0.15, 0.2) is 40.9 Å². The number of rotatable bonds is 2. The van der Waals surface area contributed by atoms with Crippen molar-refractivity contribution in [1.29, 1.82) is 0 Å². The zero-order valence-corrected chi connectivity index (χ0v) is 9.21. The van der Waals surface area contributed by atoms with Crippen LogP contribution in [0, 0.1) is 6.92 Å². The molecule has 2 aromatic heterocycles. The molecule has 5 nitrogen and oxygen atoms in total. The number of nitrogens with one attached hydrogen (secondary N) is 1. The summed E-state index contributed by atoms with van der Waals surface area (Å²) in [6.45, 7) is 1.77. The van der Waals surface area contributed by atoms with Crippen molar-refractivity contribution in [2.24, 2.45) is 0 Å². The minimum atomic E-state index is 0.531. The first-order chi connectivity index (χ1) is 8.33. The van der Waals surface area contributed by atoms with Gasteiger partial charge in [-0.3, -0.25) is 5.10 Å². The highest BCUT2D eigenvalue weighted by Crippen LogP contribution is 2.23. The lowest BCUT2D eigenvalue weighted by Crippen LogP contribution is -1.82. The van der Waals surface area contributed by atoms with Crippen LogP contribution < -0.4 is 0 Å². The van der Waals surface area contributed by atoms with E-state index in [0.29, 0.717) is 11.8 Å². The lowest BCUT2D eigenvalue weighted by atomic mass is 10.1. The first-order valence-electron chi connectivity index (χ1n) is 5.23. The van der Waals surface area contributed by atoms with Gasteiger partial charge in [-0.15, -0.1) is 10.2 Å². The molecule has 0 aliphatic rings. The van der Waals surface area contributed by atoms with Gasteiger partial charge in [0, 0.05) is 24.2 Å². The van der Waals surface area contributed by atoms with Crippen molar-refractivity contribution in [3.05, 3.63) is 42.4 Å². The van der Waals surface area contributed by atoms with Crippen molar-refractivity contribution < 1.29 is 4.42 Å². The van der Waals surface area contributed by atoms with Crippen molar-refractivity contribution in [3.8, 4) is 22.7 Å². The van der Waals surface area contributed by atoms with E-state index in [1.807, 2.05) is 30.3 Å². The van der Waals surface area contributed by atoms with Gasteiger partial charge in [-0.25, -0.2) is 0 Å². The number of aromatic amines is 1. The van der Waals surface area contributed by atoms with E-state index in [1.165, 1.54) is 0 Å². The Bertz CT molecular complexity index is 628. The number of hydrogen-bond acceptors (Lipinski definition) is 4. The Morgan fingerprint density at radius 1 is 1.12 bits per heavy atom. The Hall–Kier alpha value is -2.43. The second-order valence-electron chi connectivity index (χ2n) is 3.68. The Morgan fingerprint density at radius 3 is 2.71 bits per heavy atom. The fourth-order valence-electron chi connectivity index (χ4n) is 1.65. The number of aryl methyl sites for hydroxylation is 1. The van der Waals surface area contributed by atoms with Gasteiger partial charge in [-0.1, -0.05) is 12.1 Å². The van der Waals surface area contributed by atoms with Crippen LogP contribution in [0.4, 0.5) is 0 Å². The Kier molecular flexibility index (Phi) is 2.22. The Balaban J connectivity index is 2.05. The van der Waals surface area contributed by atoms with Crippen LogP contribution in [0.5, 0.6) is 0 Å². The molecule has 17 heavy (non-hydrogen) atoms. The molecule has 3 rings (SSSR count). The zero-order valence-electron chi connectivity index (χ0n) is 9.21. The van der Waals surface area contributed by atoms with Crippen LogP contribution in [0.2, 0.25) is 0 Å². The summed E-state index contributed by atoms with van der Waals surface area (Å²) in [5.41, 5.74) is 2.90. The molecule has 0 unspecified atom stereocenters. The monoisotopic (exact) mass is 226 g/mol. The van der Waals surface area contributed by atoms with Crippen LogP contribution in [0.1, 0.15) is 5.89 Å². The molecular weight excluding hydrogens is 216 g/mol. The molecular formula is C12H10N4O. The lowest BCUT2D eigenvalue weighted by Gasteiger charge is -1.99. The maximum absolute atomic E-state index is 5.39. The van der Waals surface area contributed by atoms with E-state index in [1.54, 1.807) is 13.1 Å². The summed E-state index contributed by atoms with van der Waals surface area (Å²) in [6.07, 6.45) is 1.72. The smallest absolute Gasteiger partial charge is 0.247 e. The molecule has 84 valence electrons. The molecule has 0 saturated heterocycles. The molecule has 0 aliphatic carbocycles. The summed E-state index contributed by atoms with van der Waals surface area (Å²) >= 11 is 0. The number of nitrogens with zero attached hydrogens (tertiary/aromatic N) is 3. The third kappa shape index (κ3) is 1.82. The van der Waals surface area contributed by atoms with E-state index in [4.69, 9.17) is 4.42 Å². The first-order valence-corrected chi connectivity index (χ1v) is 5.23. The highest BCUT2D eigenvalue weighted by Gasteiger charge is 2.07. The molecule has 3 aromatic rings. The molecule has 0 atom stereocenters. The van der Waals surface area contributed by atoms with Crippen LogP contribution in [-0.2, 0) is 0 Å². The van der Waals surface area contributed by atoms with Crippen LogP contribution in [0.3, 0.4) is 0 Å². The van der Waals surface area contributed by atoms with Crippen LogP contribution >= 0.6 is 0 Å². The highest BCUT2D eigenvalue weighted by molar-refractivity contribution is 5.66. The highest BCUT2D eigenvalue weighted by atomic mass is 16.4. The topological polar surface area (TPSA) is 67.6 Å². The normalized spacial score (nSPS) is 10.6. The molecule has 5 heteroatoms. The van der Waals surface area contributed by atoms with E-state index >= 15 is 0 Å². The maximum Gasteiger partial charge on any atom is 0.247 e. The van der Waals surface area contributed by atoms with Crippen molar-refractivity contribution >= 4 is 0 Å². The average Bonchev–Trinajstić information content (AvgIpc) is 3.00. The van der Waals surface area contributed by atoms with Gasteiger partial charge in [-0.05, 0) is 18.2 Å². The van der Waals surface area contributed by atoms with Crippen molar-refractivity contribution in [2.45, 2.75) is 6.92 Å². The van der Waals surface area contributed by atoms with Crippen molar-refractivity contribution in [3.63, 3.8) is 0 Å². The minimum absolute atomic E-state index is 0.531. The number of benzene rings is 1. The van der Waals surface area contributed by atoms with Gasteiger partial charge in [0.05, 0.1) is 5.69 Å². The van der Waals surface area contributed by atoms with Crippen molar-refractivity contribution in [1.82, 2.24) is 20.4 Å².